The average Bonchev–Trinajstić information content (AvgIpc) is 2.68. The van der Waals surface area contributed by atoms with Crippen molar-refractivity contribution >= 4 is 21.6 Å². The van der Waals surface area contributed by atoms with Crippen molar-refractivity contribution in [2.75, 3.05) is 5.73 Å². The fraction of sp³-hybridized carbons (Fsp3) is 0.222. The third kappa shape index (κ3) is 2.70. The van der Waals surface area contributed by atoms with Crippen molar-refractivity contribution in [3.8, 4) is 5.75 Å². The van der Waals surface area contributed by atoms with Crippen molar-refractivity contribution < 1.29 is 9.13 Å². The first-order valence-electron chi connectivity index (χ1n) is 4.66. The molecule has 17 heavy (non-hydrogen) atoms. The molecule has 0 aliphatic rings. The van der Waals surface area contributed by atoms with E-state index in [9.17, 15) is 4.39 Å². The number of rotatable bonds is 3. The van der Waals surface area contributed by atoms with E-state index in [1.54, 1.807) is 7.05 Å². The van der Waals surface area contributed by atoms with Crippen LogP contribution in [0.25, 0.3) is 0 Å². The molecule has 2 rings (SSSR count). The Morgan fingerprint density at radius 2 is 2.29 bits per heavy atom. The first-order chi connectivity index (χ1) is 8.06. The lowest BCUT2D eigenvalue weighted by molar-refractivity contribution is 0.295. The number of tetrazole rings is 1. The highest BCUT2D eigenvalue weighted by atomic mass is 79.9. The minimum absolute atomic E-state index is 0.0825. The van der Waals surface area contributed by atoms with Crippen molar-refractivity contribution in [3.63, 3.8) is 0 Å². The number of nitrogen functional groups attached to an aromatic ring is 1. The molecule has 0 fully saturated rings. The molecule has 1 aromatic carbocycles. The number of nitrogens with two attached hydrogens (primary N) is 1. The molecule has 0 aliphatic heterocycles. The Morgan fingerprint density at radius 3 is 2.94 bits per heavy atom. The van der Waals surface area contributed by atoms with Crippen LogP contribution in [0.4, 0.5) is 10.1 Å². The fourth-order valence-electron chi connectivity index (χ4n) is 1.19. The maximum absolute atomic E-state index is 13.3. The number of nitrogens with zero attached hydrogens (tertiary/aromatic N) is 4. The largest absolute Gasteiger partial charge is 0.483 e. The Bertz CT molecular complexity index is 544. The second-order valence-electron chi connectivity index (χ2n) is 3.29. The van der Waals surface area contributed by atoms with Gasteiger partial charge in [-0.25, -0.2) is 4.39 Å². The molecule has 0 spiro atoms. The summed E-state index contributed by atoms with van der Waals surface area (Å²) in [6, 6.07) is 2.64. The van der Waals surface area contributed by atoms with Crippen LogP contribution in [0.15, 0.2) is 16.6 Å². The SMILES string of the molecule is Cn1nnc(COc2cc(F)c(Br)cc2N)n1. The number of hydrogen-bond donors (Lipinski definition) is 1. The molecule has 6 nitrogen and oxygen atoms in total. The molecule has 0 aliphatic carbocycles. The summed E-state index contributed by atoms with van der Waals surface area (Å²) >= 11 is 3.03. The van der Waals surface area contributed by atoms with Gasteiger partial charge in [0.2, 0.25) is 5.82 Å². The third-order valence-electron chi connectivity index (χ3n) is 1.96. The van der Waals surface area contributed by atoms with Crippen LogP contribution in [-0.2, 0) is 13.7 Å². The van der Waals surface area contributed by atoms with Crippen molar-refractivity contribution in [2.45, 2.75) is 6.61 Å². The first kappa shape index (κ1) is 11.8. The second kappa shape index (κ2) is 4.66. The van der Waals surface area contributed by atoms with E-state index in [4.69, 9.17) is 10.5 Å². The molecule has 1 aromatic heterocycles. The summed E-state index contributed by atoms with van der Waals surface area (Å²) < 4.78 is 18.9. The fourth-order valence-corrected chi connectivity index (χ4v) is 1.55. The maximum atomic E-state index is 13.3. The molecule has 8 heteroatoms. The zero-order valence-electron chi connectivity index (χ0n) is 8.89. The zero-order chi connectivity index (χ0) is 12.4. The zero-order valence-corrected chi connectivity index (χ0v) is 10.5. The molecular weight excluding hydrogens is 293 g/mol. The average molecular weight is 302 g/mol. The van der Waals surface area contributed by atoms with Crippen LogP contribution in [0, 0.1) is 5.82 Å². The number of aryl methyl sites for hydroxylation is 1. The van der Waals surface area contributed by atoms with Crippen LogP contribution in [-0.4, -0.2) is 20.2 Å². The van der Waals surface area contributed by atoms with Crippen molar-refractivity contribution in [3.05, 3.63) is 28.2 Å². The van der Waals surface area contributed by atoms with Gasteiger partial charge in [-0.15, -0.1) is 10.2 Å². The predicted octanol–water partition coefficient (Wildman–Crippen LogP) is 1.27. The quantitative estimate of drug-likeness (QED) is 0.864. The Morgan fingerprint density at radius 1 is 1.53 bits per heavy atom. The van der Waals surface area contributed by atoms with Gasteiger partial charge in [-0.3, -0.25) is 0 Å². The molecule has 0 amide bonds. The summed E-state index contributed by atoms with van der Waals surface area (Å²) in [5.74, 6) is 0.203. The third-order valence-corrected chi connectivity index (χ3v) is 2.57. The van der Waals surface area contributed by atoms with E-state index in [2.05, 4.69) is 31.3 Å². The lowest BCUT2D eigenvalue weighted by Crippen LogP contribution is -2.02. The van der Waals surface area contributed by atoms with Crippen LogP contribution in [0.2, 0.25) is 0 Å². The van der Waals surface area contributed by atoms with E-state index in [1.165, 1.54) is 16.9 Å². The first-order valence-corrected chi connectivity index (χ1v) is 5.46. The monoisotopic (exact) mass is 301 g/mol. The van der Waals surface area contributed by atoms with Crippen LogP contribution in [0.1, 0.15) is 5.82 Å². The van der Waals surface area contributed by atoms with Gasteiger partial charge in [0.25, 0.3) is 0 Å². The number of halogens is 2. The summed E-state index contributed by atoms with van der Waals surface area (Å²) in [5, 5.41) is 11.3. The molecule has 2 N–H and O–H groups in total. The Labute approximate surface area is 105 Å². The van der Waals surface area contributed by atoms with E-state index in [0.717, 1.165) is 0 Å². The minimum Gasteiger partial charge on any atom is -0.483 e. The normalized spacial score (nSPS) is 10.5. The van der Waals surface area contributed by atoms with Gasteiger partial charge in [0, 0.05) is 6.07 Å². The standard InChI is InChI=1S/C9H9BrFN5O/c1-16-14-9(13-15-16)4-17-8-3-6(11)5(10)2-7(8)12/h2-3H,4,12H2,1H3. The van der Waals surface area contributed by atoms with Crippen LogP contribution in [0.5, 0.6) is 5.75 Å². The van der Waals surface area contributed by atoms with Crippen molar-refractivity contribution in [2.24, 2.45) is 7.05 Å². The summed E-state index contributed by atoms with van der Waals surface area (Å²) in [5.41, 5.74) is 6.01. The highest BCUT2D eigenvalue weighted by Crippen LogP contribution is 2.28. The highest BCUT2D eigenvalue weighted by molar-refractivity contribution is 9.10. The van der Waals surface area contributed by atoms with Crippen molar-refractivity contribution in [1.82, 2.24) is 20.2 Å². The number of ether oxygens (including phenoxy) is 1. The minimum atomic E-state index is -0.443. The van der Waals surface area contributed by atoms with E-state index in [1.807, 2.05) is 0 Å². The Balaban J connectivity index is 2.11. The van der Waals surface area contributed by atoms with Gasteiger partial charge in [-0.05, 0) is 27.2 Å². The van der Waals surface area contributed by atoms with Gasteiger partial charge in [-0.1, -0.05) is 0 Å². The summed E-state index contributed by atoms with van der Waals surface area (Å²) in [6.07, 6.45) is 0. The van der Waals surface area contributed by atoms with Gasteiger partial charge < -0.3 is 10.5 Å². The molecule has 90 valence electrons. The second-order valence-corrected chi connectivity index (χ2v) is 4.14. The number of anilines is 1. The maximum Gasteiger partial charge on any atom is 0.212 e. The summed E-state index contributed by atoms with van der Waals surface area (Å²) in [6.45, 7) is 0.0825. The molecule has 0 radical (unpaired) electrons. The topological polar surface area (TPSA) is 78.8 Å². The summed E-state index contributed by atoms with van der Waals surface area (Å²) in [7, 11) is 1.64. The molecule has 2 aromatic rings. The summed E-state index contributed by atoms with van der Waals surface area (Å²) in [4.78, 5) is 1.31. The predicted molar refractivity (Wildman–Crippen MR) is 61.6 cm³/mol. The number of benzene rings is 1. The van der Waals surface area contributed by atoms with E-state index < -0.39 is 5.82 Å². The van der Waals surface area contributed by atoms with E-state index in [0.29, 0.717) is 16.0 Å². The number of aromatic nitrogens is 4. The molecule has 0 atom stereocenters. The van der Waals surface area contributed by atoms with Gasteiger partial charge in [0.1, 0.15) is 11.6 Å². The van der Waals surface area contributed by atoms with Gasteiger partial charge in [-0.2, -0.15) is 4.80 Å². The highest BCUT2D eigenvalue weighted by Gasteiger charge is 2.08. The molecular formula is C9H9BrFN5O. The molecule has 0 unspecified atom stereocenters. The Kier molecular flexibility index (Phi) is 3.23. The molecule has 0 saturated carbocycles. The molecule has 1 heterocycles. The van der Waals surface area contributed by atoms with Crippen LogP contribution >= 0.6 is 15.9 Å². The van der Waals surface area contributed by atoms with Gasteiger partial charge in [0.05, 0.1) is 17.2 Å². The van der Waals surface area contributed by atoms with Crippen molar-refractivity contribution in [1.29, 1.82) is 0 Å². The number of hydrogen-bond acceptors (Lipinski definition) is 5. The van der Waals surface area contributed by atoms with Crippen LogP contribution < -0.4 is 10.5 Å². The van der Waals surface area contributed by atoms with Crippen LogP contribution in [0.3, 0.4) is 0 Å². The lowest BCUT2D eigenvalue weighted by atomic mass is 10.3. The Hall–Kier alpha value is -1.70. The van der Waals surface area contributed by atoms with E-state index in [-0.39, 0.29) is 12.4 Å². The van der Waals surface area contributed by atoms with E-state index >= 15 is 0 Å². The smallest absolute Gasteiger partial charge is 0.212 e. The molecule has 0 saturated heterocycles. The molecule has 0 bridgehead atoms. The van der Waals surface area contributed by atoms with Gasteiger partial charge >= 0.3 is 0 Å². The lowest BCUT2D eigenvalue weighted by Gasteiger charge is -2.07. The van der Waals surface area contributed by atoms with Gasteiger partial charge in [0.15, 0.2) is 6.61 Å².